The summed E-state index contributed by atoms with van der Waals surface area (Å²) in [6.45, 7) is 4.85. The van der Waals surface area contributed by atoms with E-state index in [2.05, 4.69) is 27.9 Å². The Hall–Kier alpha value is -4.74. The number of ether oxygens (including phenoxy) is 2. The lowest BCUT2D eigenvalue weighted by atomic mass is 9.79. The van der Waals surface area contributed by atoms with E-state index in [-0.39, 0.29) is 10.6 Å². The zero-order chi connectivity index (χ0) is 35.0. The van der Waals surface area contributed by atoms with Gasteiger partial charge >= 0.3 is 0 Å². The normalized spacial score (nSPS) is 21.9. The highest BCUT2D eigenvalue weighted by Gasteiger charge is 2.63. The van der Waals surface area contributed by atoms with E-state index in [9.17, 15) is 13.7 Å². The van der Waals surface area contributed by atoms with Gasteiger partial charge in [0, 0.05) is 37.3 Å². The van der Waals surface area contributed by atoms with E-state index in [0.717, 1.165) is 42.5 Å². The van der Waals surface area contributed by atoms with Crippen LogP contribution in [0.5, 0.6) is 11.5 Å². The van der Waals surface area contributed by atoms with Crippen LogP contribution in [0.3, 0.4) is 0 Å². The SMILES string of the molecule is COc1ccc(S(=O)(=O)N2C(=O)C(c3cc(CN4CCCN(C)CC4)ccc3OC)(N3CCC[C@H]3c3ncco3)c3cc(C#N)ccc32)cc1. The number of sulfonamides is 1. The first kappa shape index (κ1) is 33.7. The number of methoxy groups -OCH3 is 2. The second-order valence-corrected chi connectivity index (χ2v) is 14.8. The average Bonchev–Trinajstić information content (AvgIpc) is 3.86. The number of anilines is 1. The Morgan fingerprint density at radius 1 is 0.960 bits per heavy atom. The number of likely N-dealkylation sites (tertiary alicyclic amines) is 1. The summed E-state index contributed by atoms with van der Waals surface area (Å²) in [5, 5.41) is 10.1. The number of hydrogen-bond donors (Lipinski definition) is 0. The molecule has 4 aromatic rings. The molecule has 2 fully saturated rings. The molecule has 0 bridgehead atoms. The van der Waals surface area contributed by atoms with Gasteiger partial charge in [0.25, 0.3) is 15.9 Å². The number of likely N-dealkylation sites (N-methyl/N-ethyl adjacent to an activating group) is 1. The van der Waals surface area contributed by atoms with Crippen LogP contribution in [0.4, 0.5) is 5.69 Å². The standard InChI is InChI=1S/C37H40N6O6S/c1-40-16-5-17-41(20-19-40)25-27-8-14-34(48-3)31(23-27)37(42-18-4-6-33(42)35-39-15-21-49-35)30-22-26(24-38)7-13-32(30)43(36(37)44)50(45,46)29-11-9-28(47-2)10-12-29/h7-15,21-23,33H,4-6,16-20,25H2,1-3H3/t33-,37?/m0/s1. The maximum atomic E-state index is 15.7. The molecule has 0 radical (unpaired) electrons. The molecule has 3 aromatic carbocycles. The Kier molecular flexibility index (Phi) is 9.13. The fourth-order valence-electron chi connectivity index (χ4n) is 7.70. The molecule has 4 heterocycles. The lowest BCUT2D eigenvalue weighted by Gasteiger charge is -2.41. The first-order valence-corrected chi connectivity index (χ1v) is 18.2. The van der Waals surface area contributed by atoms with Gasteiger partial charge in [-0.05, 0) is 99.6 Å². The van der Waals surface area contributed by atoms with Gasteiger partial charge in [0.1, 0.15) is 17.8 Å². The van der Waals surface area contributed by atoms with Gasteiger partial charge in [-0.1, -0.05) is 6.07 Å². The van der Waals surface area contributed by atoms with Crippen LogP contribution in [-0.2, 0) is 26.9 Å². The molecule has 1 aromatic heterocycles. The van der Waals surface area contributed by atoms with E-state index >= 15 is 4.79 Å². The molecule has 0 N–H and O–H groups in total. The van der Waals surface area contributed by atoms with Crippen LogP contribution in [0.15, 0.2) is 82.4 Å². The molecular weight excluding hydrogens is 657 g/mol. The number of nitriles is 1. The molecule has 7 rings (SSSR count). The van der Waals surface area contributed by atoms with E-state index in [1.807, 2.05) is 23.1 Å². The summed E-state index contributed by atoms with van der Waals surface area (Å²) in [5.41, 5.74) is 0.572. The minimum Gasteiger partial charge on any atom is -0.497 e. The second kappa shape index (κ2) is 13.5. The van der Waals surface area contributed by atoms with Crippen LogP contribution in [0.1, 0.15) is 53.4 Å². The minimum absolute atomic E-state index is 0.0738. The van der Waals surface area contributed by atoms with Gasteiger partial charge in [-0.25, -0.2) is 17.7 Å². The number of nitrogens with zero attached hydrogens (tertiary/aromatic N) is 6. The molecular formula is C37H40N6O6S. The van der Waals surface area contributed by atoms with Crippen molar-refractivity contribution >= 4 is 21.6 Å². The zero-order valence-electron chi connectivity index (χ0n) is 28.4. The Labute approximate surface area is 292 Å². The lowest BCUT2D eigenvalue weighted by molar-refractivity contribution is -0.127. The van der Waals surface area contributed by atoms with Crippen LogP contribution in [0.25, 0.3) is 0 Å². The molecule has 2 atom stereocenters. The van der Waals surface area contributed by atoms with Crippen LogP contribution in [0, 0.1) is 11.3 Å². The van der Waals surface area contributed by atoms with Crippen molar-refractivity contribution in [1.29, 1.82) is 5.26 Å². The summed E-state index contributed by atoms with van der Waals surface area (Å²) < 4.78 is 47.3. The third-order valence-electron chi connectivity index (χ3n) is 10.1. The molecule has 13 heteroatoms. The number of rotatable bonds is 9. The van der Waals surface area contributed by atoms with Gasteiger partial charge in [0.2, 0.25) is 5.89 Å². The Morgan fingerprint density at radius 2 is 1.78 bits per heavy atom. The minimum atomic E-state index is -4.46. The average molecular weight is 697 g/mol. The number of fused-ring (bicyclic) bond motifs is 1. The summed E-state index contributed by atoms with van der Waals surface area (Å²) in [6, 6.07) is 18.2. The molecule has 1 amide bonds. The van der Waals surface area contributed by atoms with Crippen molar-refractivity contribution < 1.29 is 27.1 Å². The quantitative estimate of drug-likeness (QED) is 0.245. The van der Waals surface area contributed by atoms with E-state index in [0.29, 0.717) is 60.0 Å². The van der Waals surface area contributed by atoms with Crippen molar-refractivity contribution in [2.24, 2.45) is 0 Å². The number of carbonyl (C=O) groups is 1. The van der Waals surface area contributed by atoms with Gasteiger partial charge in [0.15, 0.2) is 5.54 Å². The highest BCUT2D eigenvalue weighted by atomic mass is 32.2. The van der Waals surface area contributed by atoms with E-state index in [1.165, 1.54) is 31.6 Å². The second-order valence-electron chi connectivity index (χ2n) is 13.0. The molecule has 0 aliphatic carbocycles. The molecule has 0 spiro atoms. The lowest BCUT2D eigenvalue weighted by Crippen LogP contribution is -2.54. The zero-order valence-corrected chi connectivity index (χ0v) is 29.2. The van der Waals surface area contributed by atoms with Crippen molar-refractivity contribution in [2.45, 2.75) is 42.3 Å². The summed E-state index contributed by atoms with van der Waals surface area (Å²) in [7, 11) is 0.711. The van der Waals surface area contributed by atoms with Gasteiger partial charge in [-0.2, -0.15) is 5.26 Å². The monoisotopic (exact) mass is 696 g/mol. The van der Waals surface area contributed by atoms with Crippen LogP contribution in [-0.4, -0.2) is 88.0 Å². The molecule has 3 aliphatic heterocycles. The van der Waals surface area contributed by atoms with Gasteiger partial charge in [-0.3, -0.25) is 14.6 Å². The number of carbonyl (C=O) groups excluding carboxylic acids is 1. The summed E-state index contributed by atoms with van der Waals surface area (Å²) in [4.78, 5) is 26.8. The Balaban J connectivity index is 1.47. The van der Waals surface area contributed by atoms with Crippen LogP contribution in [0.2, 0.25) is 0 Å². The Bertz CT molecular complexity index is 2030. The smallest absolute Gasteiger partial charge is 0.271 e. The van der Waals surface area contributed by atoms with Gasteiger partial charge in [-0.15, -0.1) is 0 Å². The third kappa shape index (κ3) is 5.62. The number of hydrogen-bond acceptors (Lipinski definition) is 11. The number of benzene rings is 3. The highest BCUT2D eigenvalue weighted by molar-refractivity contribution is 7.93. The van der Waals surface area contributed by atoms with Crippen LogP contribution >= 0.6 is 0 Å². The summed E-state index contributed by atoms with van der Waals surface area (Å²) in [5.74, 6) is 0.637. The molecule has 2 saturated heterocycles. The fraction of sp³-hybridized carbons (Fsp3) is 0.378. The van der Waals surface area contributed by atoms with E-state index < -0.39 is 27.5 Å². The van der Waals surface area contributed by atoms with Crippen molar-refractivity contribution in [3.8, 4) is 17.6 Å². The number of oxazole rings is 1. The Morgan fingerprint density at radius 3 is 2.50 bits per heavy atom. The van der Waals surface area contributed by atoms with Crippen molar-refractivity contribution in [2.75, 3.05) is 58.3 Å². The topological polar surface area (TPSA) is 132 Å². The molecule has 1 unspecified atom stereocenters. The van der Waals surface area contributed by atoms with E-state index in [1.54, 1.807) is 37.6 Å². The summed E-state index contributed by atoms with van der Waals surface area (Å²) in [6.07, 6.45) is 5.42. The predicted octanol–water partition coefficient (Wildman–Crippen LogP) is 4.52. The fourth-order valence-corrected chi connectivity index (χ4v) is 9.16. The predicted molar refractivity (Wildman–Crippen MR) is 185 cm³/mol. The van der Waals surface area contributed by atoms with Gasteiger partial charge < -0.3 is 18.8 Å². The van der Waals surface area contributed by atoms with Crippen molar-refractivity contribution in [3.63, 3.8) is 0 Å². The van der Waals surface area contributed by atoms with Crippen molar-refractivity contribution in [1.82, 2.24) is 19.7 Å². The van der Waals surface area contributed by atoms with Crippen LogP contribution < -0.4 is 13.8 Å². The van der Waals surface area contributed by atoms with E-state index in [4.69, 9.17) is 13.9 Å². The largest absolute Gasteiger partial charge is 0.497 e. The number of amides is 1. The first-order chi connectivity index (χ1) is 24.2. The van der Waals surface area contributed by atoms with Gasteiger partial charge in [0.05, 0.1) is 48.7 Å². The molecule has 50 heavy (non-hydrogen) atoms. The first-order valence-electron chi connectivity index (χ1n) is 16.7. The summed E-state index contributed by atoms with van der Waals surface area (Å²) >= 11 is 0. The molecule has 12 nitrogen and oxygen atoms in total. The molecule has 260 valence electrons. The highest BCUT2D eigenvalue weighted by Crippen LogP contribution is 2.56. The third-order valence-corrected chi connectivity index (χ3v) is 11.8. The van der Waals surface area contributed by atoms with Crippen molar-refractivity contribution in [3.05, 3.63) is 101 Å². The number of aromatic nitrogens is 1. The maximum Gasteiger partial charge on any atom is 0.271 e. The molecule has 0 saturated carbocycles. The molecule has 3 aliphatic rings. The maximum absolute atomic E-state index is 15.7.